The summed E-state index contributed by atoms with van der Waals surface area (Å²) in [5, 5.41) is 10.7. The van der Waals surface area contributed by atoms with E-state index >= 15 is 0 Å². The predicted molar refractivity (Wildman–Crippen MR) is 96.0 cm³/mol. The first-order valence-corrected chi connectivity index (χ1v) is 8.76. The minimum absolute atomic E-state index is 0.111. The van der Waals surface area contributed by atoms with Crippen molar-refractivity contribution in [2.75, 3.05) is 7.11 Å². The number of benzene rings is 2. The Morgan fingerprint density at radius 2 is 2.00 bits per heavy atom. The van der Waals surface area contributed by atoms with Crippen LogP contribution < -0.4 is 15.6 Å². The number of carbonyl (C=O) groups is 1. The Kier molecular flexibility index (Phi) is 7.02. The molecule has 0 spiro atoms. The molecule has 0 saturated carbocycles. The topological polar surface area (TPSA) is 77.0 Å². The third-order valence-electron chi connectivity index (χ3n) is 4.57. The molecule has 2 aromatic carbocycles. The minimum Gasteiger partial charge on any atom is -0.550 e. The van der Waals surface area contributed by atoms with E-state index in [9.17, 15) is 9.90 Å². The first kappa shape index (κ1) is 19.0. The van der Waals surface area contributed by atoms with Crippen molar-refractivity contribution in [2.45, 2.75) is 44.6 Å². The van der Waals surface area contributed by atoms with Crippen LogP contribution in [0.3, 0.4) is 0 Å². The maximum absolute atomic E-state index is 10.7. The lowest BCUT2D eigenvalue weighted by Crippen LogP contribution is -2.51. The van der Waals surface area contributed by atoms with E-state index in [0.29, 0.717) is 6.04 Å². The zero-order chi connectivity index (χ0) is 18.2. The van der Waals surface area contributed by atoms with Crippen molar-refractivity contribution in [3.8, 4) is 5.75 Å². The van der Waals surface area contributed by atoms with Gasteiger partial charge in [0.1, 0.15) is 11.8 Å². The van der Waals surface area contributed by atoms with Crippen LogP contribution in [0.5, 0.6) is 5.75 Å². The molecule has 1 aliphatic carbocycles. The summed E-state index contributed by atoms with van der Waals surface area (Å²) < 4.78 is 5.17. The Labute approximate surface area is 149 Å². The summed E-state index contributed by atoms with van der Waals surface area (Å²) in [6.45, 7) is 2.09. The van der Waals surface area contributed by atoms with E-state index in [0.717, 1.165) is 30.6 Å². The molecule has 0 aliphatic heterocycles. The minimum atomic E-state index is -0.964. The number of rotatable bonds is 4. The lowest BCUT2D eigenvalue weighted by Gasteiger charge is -2.26. The van der Waals surface area contributed by atoms with Crippen molar-refractivity contribution >= 4 is 5.97 Å². The Morgan fingerprint density at radius 1 is 1.28 bits per heavy atom. The van der Waals surface area contributed by atoms with Crippen LogP contribution in [0.2, 0.25) is 0 Å². The molecule has 0 saturated heterocycles. The fourth-order valence-corrected chi connectivity index (χ4v) is 3.21. The molecule has 2 atom stereocenters. The van der Waals surface area contributed by atoms with Gasteiger partial charge in [0.2, 0.25) is 0 Å². The lowest BCUT2D eigenvalue weighted by molar-refractivity contribution is -0.420. The van der Waals surface area contributed by atoms with E-state index in [1.807, 2.05) is 36.4 Å². The summed E-state index contributed by atoms with van der Waals surface area (Å²) in [7, 11) is 1.64. The number of hydrogen-bond donors (Lipinski definition) is 1. The van der Waals surface area contributed by atoms with Gasteiger partial charge in [-0.1, -0.05) is 36.4 Å². The van der Waals surface area contributed by atoms with Crippen LogP contribution in [-0.4, -0.2) is 13.1 Å². The lowest BCUT2D eigenvalue weighted by atomic mass is 9.81. The number of fused-ring (bicyclic) bond motifs is 1. The van der Waals surface area contributed by atoms with Crippen molar-refractivity contribution in [3.05, 3.63) is 65.2 Å². The van der Waals surface area contributed by atoms with Gasteiger partial charge in [0.15, 0.2) is 0 Å². The van der Waals surface area contributed by atoms with Gasteiger partial charge in [0.25, 0.3) is 0 Å². The fourth-order valence-electron chi connectivity index (χ4n) is 3.21. The third kappa shape index (κ3) is 5.61. The molecular weight excluding hydrogens is 314 g/mol. The molecule has 4 heteroatoms. The fraction of sp³-hybridized carbons (Fsp3) is 0.381. The van der Waals surface area contributed by atoms with Crippen molar-refractivity contribution in [2.24, 2.45) is 0 Å². The van der Waals surface area contributed by atoms with Crippen molar-refractivity contribution in [1.82, 2.24) is 0 Å². The number of aryl methyl sites for hydroxylation is 1. The van der Waals surface area contributed by atoms with Crippen LogP contribution in [0.25, 0.3) is 0 Å². The van der Waals surface area contributed by atoms with Crippen LogP contribution in [0.4, 0.5) is 0 Å². The summed E-state index contributed by atoms with van der Waals surface area (Å²) >= 11 is 0. The summed E-state index contributed by atoms with van der Waals surface area (Å²) in [6, 6.07) is 16.6. The molecule has 1 aliphatic rings. The van der Waals surface area contributed by atoms with E-state index in [1.165, 1.54) is 11.1 Å². The molecule has 0 radical (unpaired) electrons. The second-order valence-electron chi connectivity index (χ2n) is 6.54. The molecule has 0 bridgehead atoms. The molecule has 4 nitrogen and oxygen atoms in total. The molecule has 0 fully saturated rings. The molecule has 0 aromatic heterocycles. The standard InChI is InChI=1S/C13H16O3.C8H11N/c1-16-11-5-6-12-9(7-11)3-2-4-10(12)8-13(14)15;1-7(9)8-5-3-2-4-6-8/h5-7,10H,2-4,8H2,1H3,(H,14,15);2-7H,9H2,1H3/t10-;7-/m10/s1. The second-order valence-corrected chi connectivity index (χ2v) is 6.54. The Bertz CT molecular complexity index is 683. The SMILES string of the molecule is COc1ccc2c(c1)CCC[C@@H]2CC(=O)[O-].C[C@H]([NH3+])c1ccccc1. The number of ether oxygens (including phenoxy) is 1. The number of carboxylic acids is 1. The first-order chi connectivity index (χ1) is 12.0. The number of quaternary nitrogens is 1. The molecule has 25 heavy (non-hydrogen) atoms. The van der Waals surface area contributed by atoms with Crippen LogP contribution in [-0.2, 0) is 11.2 Å². The molecule has 3 rings (SSSR count). The maximum Gasteiger partial charge on any atom is 0.119 e. The number of aliphatic carboxylic acids is 1. The van der Waals surface area contributed by atoms with Gasteiger partial charge in [0.05, 0.1) is 7.11 Å². The van der Waals surface area contributed by atoms with Crippen LogP contribution in [0, 0.1) is 0 Å². The Morgan fingerprint density at radius 3 is 2.56 bits per heavy atom. The highest BCUT2D eigenvalue weighted by Gasteiger charge is 2.20. The summed E-state index contributed by atoms with van der Waals surface area (Å²) in [6.07, 6.45) is 3.11. The van der Waals surface area contributed by atoms with Gasteiger partial charge in [-0.25, -0.2) is 0 Å². The molecule has 0 amide bonds. The zero-order valence-electron chi connectivity index (χ0n) is 15.0. The Hall–Kier alpha value is -2.33. The quantitative estimate of drug-likeness (QED) is 0.926. The van der Waals surface area contributed by atoms with Gasteiger partial charge in [-0.3, -0.25) is 0 Å². The smallest absolute Gasteiger partial charge is 0.119 e. The molecule has 0 unspecified atom stereocenters. The largest absolute Gasteiger partial charge is 0.550 e. The predicted octanol–water partition coefficient (Wildman–Crippen LogP) is 2.24. The maximum atomic E-state index is 10.7. The van der Waals surface area contributed by atoms with Crippen molar-refractivity contribution in [3.63, 3.8) is 0 Å². The van der Waals surface area contributed by atoms with E-state index in [4.69, 9.17) is 4.74 Å². The summed E-state index contributed by atoms with van der Waals surface area (Å²) in [5.41, 5.74) is 7.58. The average molecular weight is 341 g/mol. The number of hydrogen-bond acceptors (Lipinski definition) is 3. The number of carbonyl (C=O) groups excluding carboxylic acids is 1. The van der Waals surface area contributed by atoms with Crippen molar-refractivity contribution in [1.29, 1.82) is 0 Å². The number of carboxylic acid groups (broad SMARTS) is 1. The first-order valence-electron chi connectivity index (χ1n) is 8.76. The van der Waals surface area contributed by atoms with Gasteiger partial charge >= 0.3 is 0 Å². The van der Waals surface area contributed by atoms with Gasteiger partial charge in [-0.2, -0.15) is 0 Å². The highest BCUT2D eigenvalue weighted by Crippen LogP contribution is 2.35. The van der Waals surface area contributed by atoms with Gasteiger partial charge in [0, 0.05) is 11.5 Å². The third-order valence-corrected chi connectivity index (χ3v) is 4.57. The molecule has 134 valence electrons. The second kappa shape index (κ2) is 9.23. The van der Waals surface area contributed by atoms with E-state index in [-0.39, 0.29) is 12.3 Å². The van der Waals surface area contributed by atoms with Gasteiger partial charge in [-0.05, 0) is 61.8 Å². The highest BCUT2D eigenvalue weighted by atomic mass is 16.5. The monoisotopic (exact) mass is 341 g/mol. The van der Waals surface area contributed by atoms with Gasteiger partial charge in [-0.15, -0.1) is 0 Å². The van der Waals surface area contributed by atoms with E-state index in [2.05, 4.69) is 24.8 Å². The van der Waals surface area contributed by atoms with E-state index in [1.54, 1.807) is 7.11 Å². The Balaban J connectivity index is 0.000000212. The average Bonchev–Trinajstić information content (AvgIpc) is 2.62. The highest BCUT2D eigenvalue weighted by molar-refractivity contribution is 5.66. The molecule has 3 N–H and O–H groups in total. The molecular formula is C21H27NO3. The zero-order valence-corrected chi connectivity index (χ0v) is 15.0. The molecule has 2 aromatic rings. The van der Waals surface area contributed by atoms with Crippen LogP contribution >= 0.6 is 0 Å². The van der Waals surface area contributed by atoms with Crippen LogP contribution in [0.1, 0.15) is 54.8 Å². The normalized spacial score (nSPS) is 16.8. The van der Waals surface area contributed by atoms with Crippen LogP contribution in [0.15, 0.2) is 48.5 Å². The summed E-state index contributed by atoms with van der Waals surface area (Å²) in [4.78, 5) is 10.7. The van der Waals surface area contributed by atoms with Gasteiger partial charge < -0.3 is 20.4 Å². The van der Waals surface area contributed by atoms with E-state index < -0.39 is 5.97 Å². The van der Waals surface area contributed by atoms with Crippen molar-refractivity contribution < 1.29 is 20.4 Å². The summed E-state index contributed by atoms with van der Waals surface area (Å²) in [5.74, 6) is -0.0128. The molecule has 0 heterocycles. The number of methoxy groups -OCH3 is 1.